The Labute approximate surface area is 429 Å². The molecule has 0 saturated carbocycles. The van der Waals surface area contributed by atoms with Crippen LogP contribution >= 0.6 is 7.82 Å². The number of hydrogen-bond acceptors (Lipinski definition) is 10. The maximum Gasteiger partial charge on any atom is 0.472 e. The lowest BCUT2D eigenvalue weighted by atomic mass is 10.1. The third-order valence-corrected chi connectivity index (χ3v) is 13.5. The highest BCUT2D eigenvalue weighted by Crippen LogP contribution is 2.43. The van der Waals surface area contributed by atoms with Crippen LogP contribution in [0.2, 0.25) is 0 Å². The molecule has 0 fully saturated rings. The molecule has 0 aliphatic heterocycles. The summed E-state index contributed by atoms with van der Waals surface area (Å²) in [5, 5.41) is 9.77. The van der Waals surface area contributed by atoms with Crippen LogP contribution in [-0.4, -0.2) is 66.5 Å². The van der Waals surface area contributed by atoms with Gasteiger partial charge < -0.3 is 24.2 Å². The van der Waals surface area contributed by atoms with Crippen LogP contribution in [0, 0.1) is 0 Å². The molecule has 0 saturated heterocycles. The Balaban J connectivity index is 4.70. The summed E-state index contributed by atoms with van der Waals surface area (Å²) in [6.45, 7) is 4.61. The predicted octanol–water partition coefficient (Wildman–Crippen LogP) is 16.8. The monoisotopic (exact) mass is 1010 g/mol. The number of carbonyl (C=O) groups is 3. The van der Waals surface area contributed by atoms with Crippen molar-refractivity contribution >= 4 is 25.7 Å². The van der Waals surface area contributed by atoms with Gasteiger partial charge in [-0.15, -0.1) is 0 Å². The van der Waals surface area contributed by atoms with Gasteiger partial charge in [-0.3, -0.25) is 23.4 Å². The lowest BCUT2D eigenvalue weighted by Crippen LogP contribution is -2.30. The molecule has 3 unspecified atom stereocenters. The van der Waals surface area contributed by atoms with Gasteiger partial charge in [0.25, 0.3) is 0 Å². The average Bonchev–Trinajstić information content (AvgIpc) is 3.35. The lowest BCUT2D eigenvalue weighted by molar-refractivity contribution is -0.161. The molecule has 0 radical (unpaired) electrons. The Morgan fingerprint density at radius 3 is 1.10 bits per heavy atom. The van der Waals surface area contributed by atoms with Crippen molar-refractivity contribution in [1.29, 1.82) is 0 Å². The predicted molar refractivity (Wildman–Crippen MR) is 289 cm³/mol. The van der Waals surface area contributed by atoms with Crippen LogP contribution < -0.4 is 0 Å². The minimum absolute atomic E-state index is 0.164. The minimum atomic E-state index is -4.74. The first-order valence-electron chi connectivity index (χ1n) is 28.9. The number of rotatable bonds is 54. The third-order valence-electron chi connectivity index (χ3n) is 12.5. The number of ether oxygens (including phenoxy) is 3. The molecule has 3 atom stereocenters. The smallest absolute Gasteiger partial charge is 0.462 e. The van der Waals surface area contributed by atoms with Crippen molar-refractivity contribution in [3.05, 3.63) is 36.5 Å². The lowest BCUT2D eigenvalue weighted by Gasteiger charge is -2.21. The van der Waals surface area contributed by atoms with Gasteiger partial charge in [0.2, 0.25) is 0 Å². The van der Waals surface area contributed by atoms with Crippen LogP contribution in [-0.2, 0) is 42.2 Å². The van der Waals surface area contributed by atoms with E-state index in [4.69, 9.17) is 23.3 Å². The van der Waals surface area contributed by atoms with E-state index in [1.54, 1.807) is 0 Å². The van der Waals surface area contributed by atoms with E-state index in [9.17, 15) is 28.9 Å². The largest absolute Gasteiger partial charge is 0.472 e. The minimum Gasteiger partial charge on any atom is -0.462 e. The molecule has 0 heterocycles. The van der Waals surface area contributed by atoms with E-state index in [0.717, 1.165) is 89.9 Å². The van der Waals surface area contributed by atoms with Gasteiger partial charge in [-0.2, -0.15) is 0 Å². The molecule has 0 aromatic heterocycles. The van der Waals surface area contributed by atoms with Crippen molar-refractivity contribution in [3.63, 3.8) is 0 Å². The molecule has 0 amide bonds. The second kappa shape index (κ2) is 53.0. The fraction of sp³-hybridized carbons (Fsp3) is 0.845. The number of phosphoric ester groups is 1. The van der Waals surface area contributed by atoms with E-state index in [1.807, 2.05) is 0 Å². The Hall–Kier alpha value is -2.30. The highest BCUT2D eigenvalue weighted by molar-refractivity contribution is 7.47. The molecule has 0 aliphatic carbocycles. The van der Waals surface area contributed by atoms with Gasteiger partial charge in [0, 0.05) is 19.3 Å². The molecule has 2 N–H and O–H groups in total. The zero-order valence-electron chi connectivity index (χ0n) is 45.2. The van der Waals surface area contributed by atoms with Crippen molar-refractivity contribution in [2.75, 3.05) is 26.4 Å². The summed E-state index contributed by atoms with van der Waals surface area (Å²) in [5.74, 6) is -1.46. The van der Waals surface area contributed by atoms with Gasteiger partial charge >= 0.3 is 25.7 Å². The van der Waals surface area contributed by atoms with Crippen LogP contribution in [0.25, 0.3) is 0 Å². The number of unbranched alkanes of at least 4 members (excludes halogenated alkanes) is 31. The zero-order chi connectivity index (χ0) is 51.3. The maximum absolute atomic E-state index is 12.9. The van der Waals surface area contributed by atoms with Gasteiger partial charge in [0.1, 0.15) is 12.7 Å². The SMILES string of the molecule is CCCCC/C=C\C/C=C\CCCCCCCCCCCC(=O)OC(COC(=O)CCCCCCC/C=C\CCCCCCCC)COP(=O)(O)OCC(CO)OC(=O)CCCCCCCCCCC. The average molecular weight is 1010 g/mol. The highest BCUT2D eigenvalue weighted by Gasteiger charge is 2.28. The maximum atomic E-state index is 12.9. The number of phosphoric acid groups is 1. The molecule has 0 aromatic carbocycles. The van der Waals surface area contributed by atoms with Gasteiger partial charge in [0.15, 0.2) is 6.10 Å². The van der Waals surface area contributed by atoms with Gasteiger partial charge in [0.05, 0.1) is 19.8 Å². The summed E-state index contributed by atoms with van der Waals surface area (Å²) < 4.78 is 39.4. The first kappa shape index (κ1) is 67.7. The Bertz CT molecular complexity index is 1320. The summed E-state index contributed by atoms with van der Waals surface area (Å²) in [5.41, 5.74) is 0. The standard InChI is InChI=1S/C58H107O11P/c1-4-7-10-13-16-19-21-23-25-26-27-28-30-32-34-37-40-43-46-49-58(62)69-55(51-65-56(60)47-44-41-38-36-33-31-29-24-22-20-17-14-11-8-5-2)53-67-70(63,64)66-52-54(50-59)68-57(61)48-45-42-39-35-18-15-12-9-6-3/h16,19,23-25,29,54-55,59H,4-15,17-18,20-22,26-28,30-53H2,1-3H3,(H,63,64)/b19-16-,25-23-,29-24-. The van der Waals surface area contributed by atoms with Crippen LogP contribution in [0.5, 0.6) is 0 Å². The normalized spacial score (nSPS) is 13.6. The summed E-state index contributed by atoms with van der Waals surface area (Å²) in [7, 11) is -4.74. The number of hydrogen-bond donors (Lipinski definition) is 2. The quantitative estimate of drug-likeness (QED) is 0.0197. The summed E-state index contributed by atoms with van der Waals surface area (Å²) in [6.07, 6.45) is 53.9. The summed E-state index contributed by atoms with van der Waals surface area (Å²) in [6, 6.07) is 0. The molecule has 0 rings (SSSR count). The fourth-order valence-corrected chi connectivity index (χ4v) is 8.87. The zero-order valence-corrected chi connectivity index (χ0v) is 46.1. The molecule has 11 nitrogen and oxygen atoms in total. The van der Waals surface area contributed by atoms with Crippen LogP contribution in [0.3, 0.4) is 0 Å². The molecule has 12 heteroatoms. The number of aliphatic hydroxyl groups excluding tert-OH is 1. The van der Waals surface area contributed by atoms with Crippen LogP contribution in [0.4, 0.5) is 0 Å². The highest BCUT2D eigenvalue weighted by atomic mass is 31.2. The topological polar surface area (TPSA) is 155 Å². The Morgan fingerprint density at radius 2 is 0.700 bits per heavy atom. The van der Waals surface area contributed by atoms with Crippen molar-refractivity contribution in [2.24, 2.45) is 0 Å². The van der Waals surface area contributed by atoms with Crippen molar-refractivity contribution < 1.29 is 52.2 Å². The number of allylic oxidation sites excluding steroid dienone is 6. The van der Waals surface area contributed by atoms with Gasteiger partial charge in [-0.1, -0.05) is 218 Å². The molecule has 70 heavy (non-hydrogen) atoms. The van der Waals surface area contributed by atoms with E-state index in [1.165, 1.54) is 128 Å². The first-order chi connectivity index (χ1) is 34.2. The fourth-order valence-electron chi connectivity index (χ4n) is 8.09. The van der Waals surface area contributed by atoms with Crippen molar-refractivity contribution in [3.8, 4) is 0 Å². The number of aliphatic hydroxyl groups is 1. The van der Waals surface area contributed by atoms with Crippen LogP contribution in [0.15, 0.2) is 36.5 Å². The molecule has 0 spiro atoms. The molecule has 0 aromatic rings. The van der Waals surface area contributed by atoms with Crippen LogP contribution in [0.1, 0.15) is 278 Å². The second-order valence-electron chi connectivity index (χ2n) is 19.5. The van der Waals surface area contributed by atoms with Gasteiger partial charge in [-0.05, 0) is 77.0 Å². The van der Waals surface area contributed by atoms with E-state index in [0.29, 0.717) is 19.3 Å². The summed E-state index contributed by atoms with van der Waals surface area (Å²) in [4.78, 5) is 48.4. The van der Waals surface area contributed by atoms with E-state index in [2.05, 4.69) is 57.2 Å². The number of carbonyl (C=O) groups excluding carboxylic acids is 3. The Kier molecular flexibility index (Phi) is 51.3. The van der Waals surface area contributed by atoms with E-state index >= 15 is 0 Å². The molecule has 410 valence electrons. The van der Waals surface area contributed by atoms with Crippen molar-refractivity contribution in [1.82, 2.24) is 0 Å². The molecular formula is C58H107O11P. The van der Waals surface area contributed by atoms with E-state index in [-0.39, 0.29) is 25.9 Å². The third kappa shape index (κ3) is 50.6. The van der Waals surface area contributed by atoms with Gasteiger partial charge in [-0.25, -0.2) is 4.57 Å². The van der Waals surface area contributed by atoms with E-state index < -0.39 is 57.8 Å². The second-order valence-corrected chi connectivity index (χ2v) is 20.9. The first-order valence-corrected chi connectivity index (χ1v) is 30.4. The Morgan fingerprint density at radius 1 is 0.400 bits per heavy atom. The van der Waals surface area contributed by atoms with Crippen molar-refractivity contribution in [2.45, 2.75) is 290 Å². The molecule has 0 aliphatic rings. The summed E-state index contributed by atoms with van der Waals surface area (Å²) >= 11 is 0. The molecule has 0 bridgehead atoms. The number of esters is 3. The molecular weight excluding hydrogens is 904 g/mol.